The predicted molar refractivity (Wildman–Crippen MR) is 69.2 cm³/mol. The molecule has 1 amide bonds. The number of aryl methyl sites for hydroxylation is 1. The molecule has 4 heteroatoms. The summed E-state index contributed by atoms with van der Waals surface area (Å²) in [5.41, 5.74) is 6.56. The zero-order valence-electron chi connectivity index (χ0n) is 9.27. The number of benzene rings is 1. The summed E-state index contributed by atoms with van der Waals surface area (Å²) >= 11 is 4.78. The third-order valence-electron chi connectivity index (χ3n) is 2.29. The lowest BCUT2D eigenvalue weighted by molar-refractivity contribution is -0.121. The fourth-order valence-electron chi connectivity index (χ4n) is 1.29. The van der Waals surface area contributed by atoms with Crippen molar-refractivity contribution in [2.45, 2.75) is 25.8 Å². The Kier molecular flexibility index (Phi) is 4.92. The molecule has 0 bridgehead atoms. The van der Waals surface area contributed by atoms with E-state index >= 15 is 0 Å². The minimum atomic E-state index is -0.238. The summed E-state index contributed by atoms with van der Waals surface area (Å²) in [6.07, 6.45) is 1.19. The zero-order chi connectivity index (χ0) is 12.0. The van der Waals surface area contributed by atoms with Gasteiger partial charge in [-0.3, -0.25) is 4.79 Å². The highest BCUT2D eigenvalue weighted by atomic mass is 32.1. The monoisotopic (exact) mass is 236 g/mol. The van der Waals surface area contributed by atoms with Crippen molar-refractivity contribution in [3.05, 3.63) is 35.9 Å². The summed E-state index contributed by atoms with van der Waals surface area (Å²) in [5.74, 6) is -0.0239. The average molecular weight is 236 g/mol. The fourth-order valence-corrected chi connectivity index (χ4v) is 1.35. The number of rotatable bonds is 5. The van der Waals surface area contributed by atoms with E-state index in [0.29, 0.717) is 11.4 Å². The van der Waals surface area contributed by atoms with Crippen LogP contribution in [0.25, 0.3) is 0 Å². The smallest absolute Gasteiger partial charge is 0.220 e. The molecular weight excluding hydrogens is 220 g/mol. The molecule has 1 rings (SSSR count). The van der Waals surface area contributed by atoms with E-state index in [2.05, 4.69) is 5.32 Å². The second-order valence-electron chi connectivity index (χ2n) is 3.68. The molecule has 0 saturated heterocycles. The van der Waals surface area contributed by atoms with Crippen LogP contribution in [0.2, 0.25) is 0 Å². The van der Waals surface area contributed by atoms with E-state index in [-0.39, 0.29) is 11.9 Å². The molecule has 0 fully saturated rings. The van der Waals surface area contributed by atoms with Gasteiger partial charge < -0.3 is 11.1 Å². The quantitative estimate of drug-likeness (QED) is 0.760. The number of amides is 1. The van der Waals surface area contributed by atoms with Crippen molar-refractivity contribution in [1.82, 2.24) is 5.32 Å². The number of nitrogens with one attached hydrogen (secondary N) is 1. The summed E-state index contributed by atoms with van der Waals surface area (Å²) < 4.78 is 0. The van der Waals surface area contributed by atoms with Gasteiger partial charge in [-0.05, 0) is 18.9 Å². The van der Waals surface area contributed by atoms with Gasteiger partial charge in [-0.15, -0.1) is 0 Å². The van der Waals surface area contributed by atoms with E-state index in [0.717, 1.165) is 12.0 Å². The standard InChI is InChI=1S/C12H16N2OS/c1-9(12(13)16)14-11(15)8-7-10-5-3-2-4-6-10/h2-6,9H,7-8H2,1H3,(H2,13,16)(H,14,15). The number of carbonyl (C=O) groups is 1. The van der Waals surface area contributed by atoms with Crippen molar-refractivity contribution in [2.75, 3.05) is 0 Å². The van der Waals surface area contributed by atoms with Crippen molar-refractivity contribution >= 4 is 23.1 Å². The van der Waals surface area contributed by atoms with Gasteiger partial charge in [-0.2, -0.15) is 0 Å². The minimum Gasteiger partial charge on any atom is -0.392 e. The first kappa shape index (κ1) is 12.6. The highest BCUT2D eigenvalue weighted by Gasteiger charge is 2.08. The Bertz CT molecular complexity index is 365. The van der Waals surface area contributed by atoms with E-state index in [9.17, 15) is 4.79 Å². The molecule has 3 N–H and O–H groups in total. The molecule has 1 aromatic rings. The Morgan fingerprint density at radius 1 is 1.44 bits per heavy atom. The minimum absolute atomic E-state index is 0.0239. The molecule has 0 saturated carbocycles. The molecule has 86 valence electrons. The normalized spacial score (nSPS) is 11.8. The van der Waals surface area contributed by atoms with Crippen molar-refractivity contribution in [3.8, 4) is 0 Å². The van der Waals surface area contributed by atoms with Gasteiger partial charge in [0.2, 0.25) is 5.91 Å². The first-order chi connectivity index (χ1) is 7.59. The molecule has 1 unspecified atom stereocenters. The number of carbonyl (C=O) groups excluding carboxylic acids is 1. The van der Waals surface area contributed by atoms with Gasteiger partial charge in [0.05, 0.1) is 11.0 Å². The molecule has 0 aromatic heterocycles. The van der Waals surface area contributed by atoms with Crippen LogP contribution in [0.4, 0.5) is 0 Å². The van der Waals surface area contributed by atoms with Crippen LogP contribution in [0.5, 0.6) is 0 Å². The summed E-state index contributed by atoms with van der Waals surface area (Å²) in [5, 5.41) is 2.74. The SMILES string of the molecule is CC(NC(=O)CCc1ccccc1)C(N)=S. The molecule has 0 radical (unpaired) electrons. The molecule has 16 heavy (non-hydrogen) atoms. The lowest BCUT2D eigenvalue weighted by Crippen LogP contribution is -2.41. The van der Waals surface area contributed by atoms with Crippen molar-refractivity contribution < 1.29 is 4.79 Å². The Labute approximate surface area is 101 Å². The van der Waals surface area contributed by atoms with Crippen LogP contribution < -0.4 is 11.1 Å². The van der Waals surface area contributed by atoms with Crippen LogP contribution in [0.15, 0.2) is 30.3 Å². The Morgan fingerprint density at radius 2 is 2.06 bits per heavy atom. The third kappa shape index (κ3) is 4.40. The molecule has 0 heterocycles. The van der Waals surface area contributed by atoms with Gasteiger partial charge in [-0.25, -0.2) is 0 Å². The van der Waals surface area contributed by atoms with Crippen LogP contribution in [-0.2, 0) is 11.2 Å². The first-order valence-electron chi connectivity index (χ1n) is 5.22. The second-order valence-corrected chi connectivity index (χ2v) is 4.15. The topological polar surface area (TPSA) is 55.1 Å². The summed E-state index contributed by atoms with van der Waals surface area (Å²) in [6, 6.07) is 9.65. The van der Waals surface area contributed by atoms with Crippen LogP contribution >= 0.6 is 12.2 Å². The number of thiocarbonyl (C=S) groups is 1. The molecular formula is C12H16N2OS. The molecule has 0 aliphatic rings. The van der Waals surface area contributed by atoms with Gasteiger partial charge in [0.1, 0.15) is 0 Å². The maximum absolute atomic E-state index is 11.5. The number of hydrogen-bond acceptors (Lipinski definition) is 2. The van der Waals surface area contributed by atoms with Gasteiger partial charge in [0, 0.05) is 6.42 Å². The number of hydrogen-bond donors (Lipinski definition) is 2. The van der Waals surface area contributed by atoms with Crippen LogP contribution in [0, 0.1) is 0 Å². The maximum Gasteiger partial charge on any atom is 0.220 e. The third-order valence-corrected chi connectivity index (χ3v) is 2.64. The van der Waals surface area contributed by atoms with Gasteiger partial charge in [0.25, 0.3) is 0 Å². The largest absolute Gasteiger partial charge is 0.392 e. The molecule has 1 aromatic carbocycles. The van der Waals surface area contributed by atoms with E-state index in [1.807, 2.05) is 30.3 Å². The molecule has 3 nitrogen and oxygen atoms in total. The predicted octanol–water partition coefficient (Wildman–Crippen LogP) is 1.41. The summed E-state index contributed by atoms with van der Waals surface area (Å²) in [4.78, 5) is 11.8. The fraction of sp³-hybridized carbons (Fsp3) is 0.333. The molecule has 0 aliphatic carbocycles. The van der Waals surface area contributed by atoms with Crippen molar-refractivity contribution in [3.63, 3.8) is 0 Å². The molecule has 0 aliphatic heterocycles. The Morgan fingerprint density at radius 3 is 2.62 bits per heavy atom. The van der Waals surface area contributed by atoms with Gasteiger partial charge >= 0.3 is 0 Å². The first-order valence-corrected chi connectivity index (χ1v) is 5.63. The Balaban J connectivity index is 2.33. The van der Waals surface area contributed by atoms with Gasteiger partial charge in [0.15, 0.2) is 0 Å². The average Bonchev–Trinajstić information content (AvgIpc) is 2.27. The maximum atomic E-state index is 11.5. The van der Waals surface area contributed by atoms with Crippen LogP contribution in [-0.4, -0.2) is 16.9 Å². The van der Waals surface area contributed by atoms with Crippen molar-refractivity contribution in [1.29, 1.82) is 0 Å². The number of nitrogens with two attached hydrogens (primary N) is 1. The lowest BCUT2D eigenvalue weighted by atomic mass is 10.1. The zero-order valence-corrected chi connectivity index (χ0v) is 10.1. The second kappa shape index (κ2) is 6.23. The van der Waals surface area contributed by atoms with E-state index in [1.54, 1.807) is 6.92 Å². The van der Waals surface area contributed by atoms with E-state index < -0.39 is 0 Å². The molecule has 1 atom stereocenters. The van der Waals surface area contributed by atoms with Crippen LogP contribution in [0.3, 0.4) is 0 Å². The van der Waals surface area contributed by atoms with E-state index in [4.69, 9.17) is 18.0 Å². The summed E-state index contributed by atoms with van der Waals surface area (Å²) in [7, 11) is 0. The lowest BCUT2D eigenvalue weighted by Gasteiger charge is -2.11. The van der Waals surface area contributed by atoms with E-state index in [1.165, 1.54) is 0 Å². The van der Waals surface area contributed by atoms with Gasteiger partial charge in [-0.1, -0.05) is 42.5 Å². The summed E-state index contributed by atoms with van der Waals surface area (Å²) in [6.45, 7) is 1.78. The molecule has 0 spiro atoms. The highest BCUT2D eigenvalue weighted by molar-refractivity contribution is 7.80. The Hall–Kier alpha value is -1.42. The van der Waals surface area contributed by atoms with Crippen LogP contribution in [0.1, 0.15) is 18.9 Å². The van der Waals surface area contributed by atoms with Crippen molar-refractivity contribution in [2.24, 2.45) is 5.73 Å². The highest BCUT2D eigenvalue weighted by Crippen LogP contribution is 2.02.